The van der Waals surface area contributed by atoms with Gasteiger partial charge in [0.2, 0.25) is 0 Å². The number of rotatable bonds is 3. The van der Waals surface area contributed by atoms with Crippen LogP contribution in [0.15, 0.2) is 46.9 Å². The van der Waals surface area contributed by atoms with Crippen LogP contribution in [0, 0.1) is 6.92 Å². The summed E-state index contributed by atoms with van der Waals surface area (Å²) in [6, 6.07) is 13.4. The van der Waals surface area contributed by atoms with Gasteiger partial charge in [0.1, 0.15) is 11.9 Å². The van der Waals surface area contributed by atoms with Crippen molar-refractivity contribution in [3.8, 4) is 5.75 Å². The third-order valence-corrected chi connectivity index (χ3v) is 3.39. The van der Waals surface area contributed by atoms with E-state index in [9.17, 15) is 5.11 Å². The van der Waals surface area contributed by atoms with Crippen LogP contribution in [-0.2, 0) is 0 Å². The van der Waals surface area contributed by atoms with Crippen molar-refractivity contribution in [3.05, 3.63) is 63.6 Å². The second-order valence-electron chi connectivity index (χ2n) is 4.20. The molecule has 1 atom stereocenters. The molecule has 1 N–H and O–H groups in total. The number of methoxy groups -OCH3 is 1. The molecule has 2 rings (SSSR count). The van der Waals surface area contributed by atoms with Crippen LogP contribution in [0.2, 0.25) is 0 Å². The van der Waals surface area contributed by atoms with E-state index in [1.807, 2.05) is 49.4 Å². The Morgan fingerprint density at radius 2 is 1.78 bits per heavy atom. The standard InChI is InChI=1S/C15H15BrO2/c1-10-3-8-14(18-2)13(9-10)15(17)11-4-6-12(16)7-5-11/h3-9,15,17H,1-2H3/t15-/m0/s1. The predicted molar refractivity (Wildman–Crippen MR) is 75.9 cm³/mol. The largest absolute Gasteiger partial charge is 0.496 e. The number of aliphatic hydroxyl groups excluding tert-OH is 1. The molecular formula is C15H15BrO2. The highest BCUT2D eigenvalue weighted by molar-refractivity contribution is 9.10. The third-order valence-electron chi connectivity index (χ3n) is 2.87. The molecule has 0 unspecified atom stereocenters. The minimum Gasteiger partial charge on any atom is -0.496 e. The molecule has 3 heteroatoms. The van der Waals surface area contributed by atoms with E-state index in [2.05, 4.69) is 15.9 Å². The highest BCUT2D eigenvalue weighted by atomic mass is 79.9. The monoisotopic (exact) mass is 306 g/mol. The van der Waals surface area contributed by atoms with Crippen molar-refractivity contribution in [1.29, 1.82) is 0 Å². The summed E-state index contributed by atoms with van der Waals surface area (Å²) in [4.78, 5) is 0. The van der Waals surface area contributed by atoms with Gasteiger partial charge in [0.15, 0.2) is 0 Å². The molecule has 0 saturated heterocycles. The van der Waals surface area contributed by atoms with Gasteiger partial charge >= 0.3 is 0 Å². The van der Waals surface area contributed by atoms with Crippen LogP contribution in [-0.4, -0.2) is 12.2 Å². The molecule has 0 saturated carbocycles. The quantitative estimate of drug-likeness (QED) is 0.933. The highest BCUT2D eigenvalue weighted by Crippen LogP contribution is 2.31. The molecule has 0 spiro atoms. The molecular weight excluding hydrogens is 292 g/mol. The smallest absolute Gasteiger partial charge is 0.125 e. The lowest BCUT2D eigenvalue weighted by atomic mass is 9.99. The molecule has 18 heavy (non-hydrogen) atoms. The summed E-state index contributed by atoms with van der Waals surface area (Å²) < 4.78 is 6.29. The van der Waals surface area contributed by atoms with Gasteiger partial charge in [-0.25, -0.2) is 0 Å². The molecule has 2 aromatic carbocycles. The molecule has 0 aromatic heterocycles. The van der Waals surface area contributed by atoms with E-state index in [-0.39, 0.29) is 0 Å². The SMILES string of the molecule is COc1ccc(C)cc1[C@@H](O)c1ccc(Br)cc1. The fourth-order valence-corrected chi connectivity index (χ4v) is 2.16. The van der Waals surface area contributed by atoms with Crippen molar-refractivity contribution in [2.45, 2.75) is 13.0 Å². The zero-order valence-corrected chi connectivity index (χ0v) is 11.9. The Balaban J connectivity index is 2.41. The van der Waals surface area contributed by atoms with E-state index in [1.54, 1.807) is 7.11 Å². The Morgan fingerprint density at radius 3 is 2.39 bits per heavy atom. The lowest BCUT2D eigenvalue weighted by molar-refractivity contribution is 0.214. The van der Waals surface area contributed by atoms with Crippen molar-refractivity contribution in [2.24, 2.45) is 0 Å². The lowest BCUT2D eigenvalue weighted by Crippen LogP contribution is -2.02. The maximum absolute atomic E-state index is 10.4. The summed E-state index contributed by atoms with van der Waals surface area (Å²) in [6.45, 7) is 2.00. The van der Waals surface area contributed by atoms with Gasteiger partial charge in [-0.3, -0.25) is 0 Å². The van der Waals surface area contributed by atoms with Crippen molar-refractivity contribution >= 4 is 15.9 Å². The van der Waals surface area contributed by atoms with E-state index in [1.165, 1.54) is 0 Å². The van der Waals surface area contributed by atoms with Crippen molar-refractivity contribution < 1.29 is 9.84 Å². The zero-order chi connectivity index (χ0) is 13.1. The van der Waals surface area contributed by atoms with Crippen molar-refractivity contribution in [2.75, 3.05) is 7.11 Å². The van der Waals surface area contributed by atoms with Crippen LogP contribution in [0.4, 0.5) is 0 Å². The summed E-state index contributed by atoms with van der Waals surface area (Å²) in [5, 5.41) is 10.4. The van der Waals surface area contributed by atoms with Crippen LogP contribution >= 0.6 is 15.9 Å². The van der Waals surface area contributed by atoms with Gasteiger partial charge in [-0.15, -0.1) is 0 Å². The molecule has 0 radical (unpaired) electrons. The van der Waals surface area contributed by atoms with Crippen LogP contribution in [0.3, 0.4) is 0 Å². The molecule has 0 aliphatic heterocycles. The van der Waals surface area contributed by atoms with E-state index in [0.717, 1.165) is 21.2 Å². The predicted octanol–water partition coefficient (Wildman–Crippen LogP) is 3.85. The van der Waals surface area contributed by atoms with E-state index in [0.29, 0.717) is 5.75 Å². The minimum atomic E-state index is -0.673. The van der Waals surface area contributed by atoms with Crippen LogP contribution in [0.25, 0.3) is 0 Å². The Bertz CT molecular complexity index is 535. The Hall–Kier alpha value is -1.32. The number of aryl methyl sites for hydroxylation is 1. The first kappa shape index (κ1) is 13.1. The van der Waals surface area contributed by atoms with Gasteiger partial charge in [0.05, 0.1) is 7.11 Å². The molecule has 94 valence electrons. The first-order valence-corrected chi connectivity index (χ1v) is 6.49. The number of hydrogen-bond donors (Lipinski definition) is 1. The number of aliphatic hydroxyl groups is 1. The van der Waals surface area contributed by atoms with Gasteiger partial charge < -0.3 is 9.84 Å². The van der Waals surface area contributed by atoms with Crippen LogP contribution < -0.4 is 4.74 Å². The van der Waals surface area contributed by atoms with E-state index in [4.69, 9.17) is 4.74 Å². The highest BCUT2D eigenvalue weighted by Gasteiger charge is 2.15. The third kappa shape index (κ3) is 2.74. The van der Waals surface area contributed by atoms with Gasteiger partial charge in [0, 0.05) is 10.0 Å². The minimum absolute atomic E-state index is 0.673. The first-order valence-electron chi connectivity index (χ1n) is 5.70. The molecule has 0 heterocycles. The molecule has 2 aromatic rings. The van der Waals surface area contributed by atoms with E-state index >= 15 is 0 Å². The Morgan fingerprint density at radius 1 is 1.11 bits per heavy atom. The fraction of sp³-hybridized carbons (Fsp3) is 0.200. The summed E-state index contributed by atoms with van der Waals surface area (Å²) in [6.07, 6.45) is -0.673. The molecule has 0 aliphatic carbocycles. The van der Waals surface area contributed by atoms with Gasteiger partial charge in [0.25, 0.3) is 0 Å². The van der Waals surface area contributed by atoms with E-state index < -0.39 is 6.10 Å². The fourth-order valence-electron chi connectivity index (χ4n) is 1.89. The number of ether oxygens (including phenoxy) is 1. The summed E-state index contributed by atoms with van der Waals surface area (Å²) in [5.41, 5.74) is 2.74. The second-order valence-corrected chi connectivity index (χ2v) is 5.12. The molecule has 0 amide bonds. The number of hydrogen-bond acceptors (Lipinski definition) is 2. The summed E-state index contributed by atoms with van der Waals surface area (Å²) in [7, 11) is 1.61. The first-order chi connectivity index (χ1) is 8.61. The number of halogens is 1. The number of benzene rings is 2. The maximum Gasteiger partial charge on any atom is 0.125 e. The molecule has 0 bridgehead atoms. The van der Waals surface area contributed by atoms with Gasteiger partial charge in [-0.1, -0.05) is 39.7 Å². The van der Waals surface area contributed by atoms with Gasteiger partial charge in [-0.2, -0.15) is 0 Å². The second kappa shape index (κ2) is 5.55. The van der Waals surface area contributed by atoms with Crippen molar-refractivity contribution in [3.63, 3.8) is 0 Å². The average molecular weight is 307 g/mol. The van der Waals surface area contributed by atoms with Crippen LogP contribution in [0.5, 0.6) is 5.75 Å². The molecule has 0 aliphatic rings. The summed E-state index contributed by atoms with van der Waals surface area (Å²) in [5.74, 6) is 0.705. The van der Waals surface area contributed by atoms with Crippen LogP contribution in [0.1, 0.15) is 22.8 Å². The molecule has 0 fully saturated rings. The average Bonchev–Trinajstić information content (AvgIpc) is 2.39. The topological polar surface area (TPSA) is 29.5 Å². The maximum atomic E-state index is 10.4. The Labute approximate surface area is 115 Å². The lowest BCUT2D eigenvalue weighted by Gasteiger charge is -2.16. The summed E-state index contributed by atoms with van der Waals surface area (Å²) >= 11 is 3.38. The normalized spacial score (nSPS) is 12.2. The zero-order valence-electron chi connectivity index (χ0n) is 10.4. The molecule has 2 nitrogen and oxygen atoms in total. The van der Waals surface area contributed by atoms with Crippen molar-refractivity contribution in [1.82, 2.24) is 0 Å². The van der Waals surface area contributed by atoms with Gasteiger partial charge in [-0.05, 0) is 36.8 Å². The Kier molecular flexibility index (Phi) is 4.04.